The average Bonchev–Trinajstić information content (AvgIpc) is 2.62. The number of hydrogen-bond donors (Lipinski definition) is 2. The molecule has 0 fully saturated rings. The lowest BCUT2D eigenvalue weighted by Gasteiger charge is -2.05. The number of nitrogens with zero attached hydrogens (tertiary/aromatic N) is 2. The van der Waals surface area contributed by atoms with Crippen molar-refractivity contribution in [2.75, 3.05) is 12.3 Å². The largest absolute Gasteiger partial charge is 0.487 e. The number of carbonyl (C=O) groups is 1. The Labute approximate surface area is 150 Å². The second-order valence-corrected chi connectivity index (χ2v) is 5.54. The van der Waals surface area contributed by atoms with Crippen LogP contribution in [0.3, 0.4) is 0 Å². The summed E-state index contributed by atoms with van der Waals surface area (Å²) >= 11 is 0. The van der Waals surface area contributed by atoms with Gasteiger partial charge in [0.05, 0.1) is 24.2 Å². The van der Waals surface area contributed by atoms with Gasteiger partial charge < -0.3 is 10.5 Å². The number of rotatable bonds is 8. The van der Waals surface area contributed by atoms with Gasteiger partial charge in [0.2, 0.25) is 5.91 Å². The van der Waals surface area contributed by atoms with Crippen molar-refractivity contribution in [2.45, 2.75) is 19.8 Å². The van der Waals surface area contributed by atoms with Crippen molar-refractivity contribution in [3.8, 4) is 5.75 Å². The Kier molecular flexibility index (Phi) is 6.67. The standard InChI is InChI=1S/C18H20N4O4/c1-2-9-26-17-8-5-14(10-16(17)22(24)25)12-20-21-18(23)11-13-3-6-15(19)7-4-13/h3-8,10,12H,2,9,11,19H2,1H3,(H,21,23)/b20-12-. The van der Waals surface area contributed by atoms with Crippen LogP contribution in [0, 0.1) is 10.1 Å². The predicted octanol–water partition coefficient (Wildman–Crippen LogP) is 2.66. The summed E-state index contributed by atoms with van der Waals surface area (Å²) in [5, 5.41) is 15.0. The Balaban J connectivity index is 1.98. The number of nitrogen functional groups attached to an aromatic ring is 1. The average molecular weight is 356 g/mol. The van der Waals surface area contributed by atoms with Gasteiger partial charge in [0, 0.05) is 17.3 Å². The maximum absolute atomic E-state index is 11.9. The molecule has 0 heterocycles. The first-order valence-electron chi connectivity index (χ1n) is 8.07. The molecule has 0 radical (unpaired) electrons. The van der Waals surface area contributed by atoms with E-state index in [9.17, 15) is 14.9 Å². The summed E-state index contributed by atoms with van der Waals surface area (Å²) in [6, 6.07) is 11.5. The van der Waals surface area contributed by atoms with Gasteiger partial charge in [-0.2, -0.15) is 5.10 Å². The van der Waals surface area contributed by atoms with E-state index in [1.54, 1.807) is 30.3 Å². The molecule has 8 nitrogen and oxygen atoms in total. The van der Waals surface area contributed by atoms with Crippen molar-refractivity contribution >= 4 is 23.5 Å². The maximum Gasteiger partial charge on any atom is 0.311 e. The number of carbonyl (C=O) groups excluding carboxylic acids is 1. The number of hydrazone groups is 1. The Morgan fingerprint density at radius 2 is 2.04 bits per heavy atom. The summed E-state index contributed by atoms with van der Waals surface area (Å²) in [6.07, 6.45) is 2.25. The topological polar surface area (TPSA) is 120 Å². The van der Waals surface area contributed by atoms with Gasteiger partial charge in [-0.3, -0.25) is 14.9 Å². The summed E-state index contributed by atoms with van der Waals surface area (Å²) in [5.41, 5.74) is 9.75. The lowest BCUT2D eigenvalue weighted by Crippen LogP contribution is -2.19. The fourth-order valence-electron chi connectivity index (χ4n) is 2.13. The molecule has 2 aromatic carbocycles. The van der Waals surface area contributed by atoms with Gasteiger partial charge in [-0.05, 0) is 36.2 Å². The molecule has 0 aliphatic heterocycles. The first-order chi connectivity index (χ1) is 12.5. The first-order valence-corrected chi connectivity index (χ1v) is 8.07. The van der Waals surface area contributed by atoms with Gasteiger partial charge in [-0.15, -0.1) is 0 Å². The van der Waals surface area contributed by atoms with E-state index in [4.69, 9.17) is 10.5 Å². The Bertz CT molecular complexity index is 803. The van der Waals surface area contributed by atoms with E-state index in [2.05, 4.69) is 10.5 Å². The molecular formula is C18H20N4O4. The zero-order chi connectivity index (χ0) is 18.9. The number of amides is 1. The van der Waals surface area contributed by atoms with Crippen molar-refractivity contribution in [3.05, 3.63) is 63.7 Å². The number of nitrogens with two attached hydrogens (primary N) is 1. The molecular weight excluding hydrogens is 336 g/mol. The highest BCUT2D eigenvalue weighted by molar-refractivity contribution is 5.84. The van der Waals surface area contributed by atoms with Crippen LogP contribution in [0.25, 0.3) is 0 Å². The molecule has 0 saturated carbocycles. The van der Waals surface area contributed by atoms with E-state index < -0.39 is 4.92 Å². The van der Waals surface area contributed by atoms with Crippen LogP contribution in [0.4, 0.5) is 11.4 Å². The first kappa shape index (κ1) is 18.9. The monoisotopic (exact) mass is 356 g/mol. The maximum atomic E-state index is 11.9. The zero-order valence-corrected chi connectivity index (χ0v) is 14.3. The molecule has 0 saturated heterocycles. The normalized spacial score (nSPS) is 10.7. The van der Waals surface area contributed by atoms with E-state index in [0.29, 0.717) is 17.9 Å². The number of anilines is 1. The third kappa shape index (κ3) is 5.59. The van der Waals surface area contributed by atoms with Crippen LogP contribution in [0.1, 0.15) is 24.5 Å². The van der Waals surface area contributed by atoms with E-state index >= 15 is 0 Å². The smallest absolute Gasteiger partial charge is 0.311 e. The minimum atomic E-state index is -0.512. The van der Waals surface area contributed by atoms with Crippen LogP contribution in [0.15, 0.2) is 47.6 Å². The quantitative estimate of drug-likeness (QED) is 0.326. The van der Waals surface area contributed by atoms with Crippen molar-refractivity contribution in [1.29, 1.82) is 0 Å². The van der Waals surface area contributed by atoms with E-state index in [0.717, 1.165) is 12.0 Å². The molecule has 1 amide bonds. The molecule has 0 aromatic heterocycles. The number of ether oxygens (including phenoxy) is 1. The van der Waals surface area contributed by atoms with Crippen molar-refractivity contribution in [1.82, 2.24) is 5.43 Å². The van der Waals surface area contributed by atoms with Gasteiger partial charge in [0.15, 0.2) is 5.75 Å². The van der Waals surface area contributed by atoms with Crippen LogP contribution in [-0.2, 0) is 11.2 Å². The summed E-state index contributed by atoms with van der Waals surface area (Å²) < 4.78 is 5.36. The molecule has 2 aromatic rings. The summed E-state index contributed by atoms with van der Waals surface area (Å²) in [6.45, 7) is 2.31. The molecule has 0 aliphatic carbocycles. The minimum Gasteiger partial charge on any atom is -0.487 e. The molecule has 0 bridgehead atoms. The molecule has 0 unspecified atom stereocenters. The summed E-state index contributed by atoms with van der Waals surface area (Å²) in [4.78, 5) is 22.5. The van der Waals surface area contributed by atoms with E-state index in [1.807, 2.05) is 6.92 Å². The van der Waals surface area contributed by atoms with Gasteiger partial charge in [0.25, 0.3) is 0 Å². The highest BCUT2D eigenvalue weighted by Crippen LogP contribution is 2.27. The van der Waals surface area contributed by atoms with Crippen molar-refractivity contribution in [2.24, 2.45) is 5.10 Å². The van der Waals surface area contributed by atoms with E-state index in [1.165, 1.54) is 18.3 Å². The zero-order valence-electron chi connectivity index (χ0n) is 14.3. The van der Waals surface area contributed by atoms with Gasteiger partial charge in [-0.1, -0.05) is 19.1 Å². The fourth-order valence-corrected chi connectivity index (χ4v) is 2.13. The van der Waals surface area contributed by atoms with Crippen LogP contribution >= 0.6 is 0 Å². The third-order valence-corrected chi connectivity index (χ3v) is 3.39. The molecule has 0 spiro atoms. The number of nitro benzene ring substituents is 1. The number of hydrogen-bond acceptors (Lipinski definition) is 6. The fraction of sp³-hybridized carbons (Fsp3) is 0.222. The van der Waals surface area contributed by atoms with Gasteiger partial charge in [0.1, 0.15) is 0 Å². The highest BCUT2D eigenvalue weighted by Gasteiger charge is 2.15. The summed E-state index contributed by atoms with van der Waals surface area (Å²) in [5.74, 6) is -0.0928. The van der Waals surface area contributed by atoms with E-state index in [-0.39, 0.29) is 23.8 Å². The second kappa shape index (κ2) is 9.16. The Morgan fingerprint density at radius 1 is 1.31 bits per heavy atom. The SMILES string of the molecule is CCCOc1ccc(/C=N\NC(=O)Cc2ccc(N)cc2)cc1[N+](=O)[O-]. The van der Waals surface area contributed by atoms with Crippen molar-refractivity contribution in [3.63, 3.8) is 0 Å². The molecule has 0 atom stereocenters. The second-order valence-electron chi connectivity index (χ2n) is 5.54. The number of nitrogens with one attached hydrogen (secondary N) is 1. The van der Waals surface area contributed by atoms with Crippen molar-refractivity contribution < 1.29 is 14.5 Å². The van der Waals surface area contributed by atoms with Gasteiger partial charge >= 0.3 is 5.69 Å². The van der Waals surface area contributed by atoms with Crippen LogP contribution in [-0.4, -0.2) is 23.7 Å². The third-order valence-electron chi connectivity index (χ3n) is 3.39. The molecule has 8 heteroatoms. The lowest BCUT2D eigenvalue weighted by molar-refractivity contribution is -0.385. The highest BCUT2D eigenvalue weighted by atomic mass is 16.6. The lowest BCUT2D eigenvalue weighted by atomic mass is 10.1. The Hall–Kier alpha value is -3.42. The molecule has 26 heavy (non-hydrogen) atoms. The van der Waals surface area contributed by atoms with Crippen LogP contribution in [0.2, 0.25) is 0 Å². The summed E-state index contributed by atoms with van der Waals surface area (Å²) in [7, 11) is 0. The van der Waals surface area contributed by atoms with Crippen LogP contribution < -0.4 is 15.9 Å². The number of benzene rings is 2. The Morgan fingerprint density at radius 3 is 2.69 bits per heavy atom. The predicted molar refractivity (Wildman–Crippen MR) is 99.2 cm³/mol. The molecule has 3 N–H and O–H groups in total. The molecule has 136 valence electrons. The molecule has 0 aliphatic rings. The minimum absolute atomic E-state index is 0.143. The van der Waals surface area contributed by atoms with Crippen LogP contribution in [0.5, 0.6) is 5.75 Å². The number of nitro groups is 1. The van der Waals surface area contributed by atoms with Gasteiger partial charge in [-0.25, -0.2) is 5.43 Å². The molecule has 2 rings (SSSR count).